The molecule has 0 unspecified atom stereocenters. The van der Waals surface area contributed by atoms with Gasteiger partial charge in [-0.3, -0.25) is 4.57 Å². The van der Waals surface area contributed by atoms with Crippen LogP contribution in [-0.4, -0.2) is 14.5 Å². The highest BCUT2D eigenvalue weighted by Gasteiger charge is 2.29. The van der Waals surface area contributed by atoms with Gasteiger partial charge in [0.1, 0.15) is 10.8 Å². The highest BCUT2D eigenvalue weighted by atomic mass is 32.1. The second kappa shape index (κ2) is 7.88. The van der Waals surface area contributed by atoms with Gasteiger partial charge in [0.15, 0.2) is 0 Å². The molecule has 7 aromatic rings. The van der Waals surface area contributed by atoms with E-state index >= 15 is 0 Å². The summed E-state index contributed by atoms with van der Waals surface area (Å²) >= 11 is 1.73. The van der Waals surface area contributed by atoms with Gasteiger partial charge in [0.25, 0.3) is 0 Å². The minimum atomic E-state index is 0.943. The van der Waals surface area contributed by atoms with E-state index in [0.717, 1.165) is 61.3 Å². The van der Waals surface area contributed by atoms with Crippen molar-refractivity contribution in [3.63, 3.8) is 0 Å². The van der Waals surface area contributed by atoms with E-state index in [2.05, 4.69) is 125 Å². The van der Waals surface area contributed by atoms with E-state index in [1.807, 2.05) is 6.07 Å². The van der Waals surface area contributed by atoms with Gasteiger partial charge in [-0.25, -0.2) is 9.97 Å². The molecule has 8 rings (SSSR count). The Morgan fingerprint density at radius 3 is 2.03 bits per heavy atom. The molecule has 0 atom stereocenters. The molecule has 0 radical (unpaired) electrons. The third-order valence-electron chi connectivity index (χ3n) is 6.96. The van der Waals surface area contributed by atoms with Crippen molar-refractivity contribution in [2.45, 2.75) is 0 Å². The first-order valence-corrected chi connectivity index (χ1v) is 13.1. The van der Waals surface area contributed by atoms with E-state index in [1.165, 1.54) is 4.70 Å². The molecular weight excluding hydrogens is 472 g/mol. The third kappa shape index (κ3) is 3.08. The summed E-state index contributed by atoms with van der Waals surface area (Å²) in [5.41, 5.74) is 9.88. The number of fused-ring (bicyclic) bond motifs is 3. The predicted molar refractivity (Wildman–Crippen MR) is 153 cm³/mol. The fraction of sp³-hybridized carbons (Fsp3) is 0. The second-order valence-corrected chi connectivity index (χ2v) is 10.2. The van der Waals surface area contributed by atoms with Crippen LogP contribution in [0.3, 0.4) is 0 Å². The van der Waals surface area contributed by atoms with Crippen molar-refractivity contribution < 1.29 is 0 Å². The Balaban J connectivity index is 1.31. The van der Waals surface area contributed by atoms with E-state index in [4.69, 9.17) is 9.97 Å². The molecule has 0 saturated heterocycles. The molecule has 0 N–H and O–H groups in total. The molecule has 1 aliphatic rings. The van der Waals surface area contributed by atoms with Gasteiger partial charge < -0.3 is 4.90 Å². The van der Waals surface area contributed by atoms with Gasteiger partial charge in [-0.15, -0.1) is 11.3 Å². The van der Waals surface area contributed by atoms with Crippen LogP contribution in [0.15, 0.2) is 121 Å². The highest BCUT2D eigenvalue weighted by Crippen LogP contribution is 2.48. The first-order chi connectivity index (χ1) is 18.3. The van der Waals surface area contributed by atoms with E-state index in [-0.39, 0.29) is 0 Å². The Hall–Kier alpha value is -4.74. The van der Waals surface area contributed by atoms with Crippen LogP contribution in [0.4, 0.5) is 17.1 Å². The van der Waals surface area contributed by atoms with E-state index in [1.54, 1.807) is 11.3 Å². The molecule has 0 bridgehead atoms. The van der Waals surface area contributed by atoms with Gasteiger partial charge in [0, 0.05) is 16.8 Å². The van der Waals surface area contributed by atoms with Crippen molar-refractivity contribution in [1.29, 1.82) is 0 Å². The van der Waals surface area contributed by atoms with Crippen LogP contribution in [0.5, 0.6) is 0 Å². The quantitative estimate of drug-likeness (QED) is 0.247. The van der Waals surface area contributed by atoms with Crippen LogP contribution >= 0.6 is 11.3 Å². The molecule has 3 heterocycles. The lowest BCUT2D eigenvalue weighted by atomic mass is 10.1. The summed E-state index contributed by atoms with van der Waals surface area (Å²) in [5, 5.41) is 1.04. The van der Waals surface area contributed by atoms with Crippen LogP contribution in [0.25, 0.3) is 48.9 Å². The zero-order valence-corrected chi connectivity index (χ0v) is 20.6. The molecule has 1 aliphatic heterocycles. The molecule has 0 fully saturated rings. The maximum absolute atomic E-state index is 5.14. The number of anilines is 3. The van der Waals surface area contributed by atoms with Crippen molar-refractivity contribution in [2.75, 3.05) is 4.90 Å². The molecule has 0 aliphatic carbocycles. The van der Waals surface area contributed by atoms with Gasteiger partial charge in [0.2, 0.25) is 0 Å². The molecule has 5 aromatic carbocycles. The lowest BCUT2D eigenvalue weighted by molar-refractivity contribution is 1.06. The number of hydrogen-bond donors (Lipinski definition) is 0. The van der Waals surface area contributed by atoms with Crippen LogP contribution in [0.2, 0.25) is 0 Å². The summed E-state index contributed by atoms with van der Waals surface area (Å²) in [5.74, 6) is 0.943. The van der Waals surface area contributed by atoms with Crippen LogP contribution in [-0.2, 0) is 0 Å². The number of hydrogen-bond acceptors (Lipinski definition) is 4. The average Bonchev–Trinajstić information content (AvgIpc) is 3.57. The van der Waals surface area contributed by atoms with E-state index in [9.17, 15) is 0 Å². The smallest absolute Gasteiger partial charge is 0.145 e. The Kier molecular flexibility index (Phi) is 4.36. The number of aromatic nitrogens is 3. The highest BCUT2D eigenvalue weighted by molar-refractivity contribution is 7.21. The van der Waals surface area contributed by atoms with Crippen molar-refractivity contribution in [3.05, 3.63) is 121 Å². The lowest BCUT2D eigenvalue weighted by Gasteiger charge is -2.32. The number of imidazole rings is 1. The van der Waals surface area contributed by atoms with E-state index < -0.39 is 0 Å². The summed E-state index contributed by atoms with van der Waals surface area (Å²) in [6, 6.07) is 42.4. The van der Waals surface area contributed by atoms with Crippen molar-refractivity contribution in [2.24, 2.45) is 0 Å². The SMILES string of the molecule is c1ccc(N2c3ccccc3-n3c(-c4ccc(-c5nc6ccccc6s5)cc4)nc4cccc2c43)cc1. The molecule has 0 amide bonds. The predicted octanol–water partition coefficient (Wildman–Crippen LogP) is 8.75. The minimum Gasteiger partial charge on any atom is -0.306 e. The fourth-order valence-corrected chi connectivity index (χ4v) is 6.27. The minimum absolute atomic E-state index is 0.943. The number of benzene rings is 5. The molecule has 5 heteroatoms. The van der Waals surface area contributed by atoms with Crippen molar-refractivity contribution >= 4 is 49.6 Å². The standard InChI is InChI=1S/C32H20N4S/c1-2-9-23(10-3-1)35-26-13-5-6-14-27(26)36-30-25(12-8-15-28(30)35)33-31(36)21-17-19-22(20-18-21)32-34-24-11-4-7-16-29(24)37-32/h1-20H. The van der Waals surface area contributed by atoms with Crippen LogP contribution < -0.4 is 4.90 Å². The van der Waals surface area contributed by atoms with Crippen LogP contribution in [0.1, 0.15) is 0 Å². The summed E-state index contributed by atoms with van der Waals surface area (Å²) in [6.07, 6.45) is 0. The molecule has 0 spiro atoms. The summed E-state index contributed by atoms with van der Waals surface area (Å²) < 4.78 is 3.52. The Bertz CT molecular complexity index is 1900. The Morgan fingerprint density at radius 1 is 0.514 bits per heavy atom. The fourth-order valence-electron chi connectivity index (χ4n) is 5.30. The van der Waals surface area contributed by atoms with Gasteiger partial charge in [-0.1, -0.05) is 72.8 Å². The van der Waals surface area contributed by atoms with Crippen LogP contribution in [0, 0.1) is 0 Å². The van der Waals surface area contributed by atoms with Gasteiger partial charge in [-0.05, 0) is 48.5 Å². The zero-order chi connectivity index (χ0) is 24.3. The third-order valence-corrected chi connectivity index (χ3v) is 8.04. The maximum atomic E-state index is 5.14. The van der Waals surface area contributed by atoms with Gasteiger partial charge >= 0.3 is 0 Å². The number of rotatable bonds is 3. The molecular formula is C32H20N4S. The summed E-state index contributed by atoms with van der Waals surface area (Å²) in [4.78, 5) is 12.3. The normalized spacial score (nSPS) is 12.3. The molecule has 4 nitrogen and oxygen atoms in total. The maximum Gasteiger partial charge on any atom is 0.145 e. The number of nitrogens with zero attached hydrogens (tertiary/aromatic N) is 4. The molecule has 0 saturated carbocycles. The first kappa shape index (κ1) is 20.5. The second-order valence-electron chi connectivity index (χ2n) is 9.14. The lowest BCUT2D eigenvalue weighted by Crippen LogP contribution is -2.18. The average molecular weight is 493 g/mol. The Morgan fingerprint density at radius 2 is 1.19 bits per heavy atom. The summed E-state index contributed by atoms with van der Waals surface area (Å²) in [6.45, 7) is 0. The zero-order valence-electron chi connectivity index (χ0n) is 19.7. The first-order valence-electron chi connectivity index (χ1n) is 12.3. The number of thiazole rings is 1. The summed E-state index contributed by atoms with van der Waals surface area (Å²) in [7, 11) is 0. The molecule has 174 valence electrons. The molecule has 2 aromatic heterocycles. The van der Waals surface area contributed by atoms with E-state index in [0.29, 0.717) is 0 Å². The van der Waals surface area contributed by atoms with Gasteiger partial charge in [0.05, 0.1) is 38.3 Å². The number of para-hydroxylation sites is 5. The van der Waals surface area contributed by atoms with Gasteiger partial charge in [-0.2, -0.15) is 0 Å². The Labute approximate surface area is 217 Å². The topological polar surface area (TPSA) is 34.0 Å². The molecule has 37 heavy (non-hydrogen) atoms. The van der Waals surface area contributed by atoms with Crippen molar-refractivity contribution in [3.8, 4) is 27.6 Å². The largest absolute Gasteiger partial charge is 0.306 e. The van der Waals surface area contributed by atoms with Crippen molar-refractivity contribution in [1.82, 2.24) is 14.5 Å². The monoisotopic (exact) mass is 492 g/mol.